The highest BCUT2D eigenvalue weighted by Gasteiger charge is 2.46. The van der Waals surface area contributed by atoms with Crippen molar-refractivity contribution in [2.45, 2.75) is 23.2 Å². The number of rotatable bonds is 5. The molecule has 1 aromatic rings. The summed E-state index contributed by atoms with van der Waals surface area (Å²) in [5.41, 5.74) is -4.68. The molecule has 1 fully saturated rings. The van der Waals surface area contributed by atoms with Gasteiger partial charge in [0, 0.05) is 25.4 Å². The second kappa shape index (κ2) is 6.23. The minimum Gasteiger partial charge on any atom is -0.385 e. The Morgan fingerprint density at radius 3 is 2.43 bits per heavy atom. The van der Waals surface area contributed by atoms with Crippen molar-refractivity contribution in [2.24, 2.45) is 5.92 Å². The Morgan fingerprint density at radius 2 is 1.90 bits per heavy atom. The van der Waals surface area contributed by atoms with Crippen LogP contribution in [-0.4, -0.2) is 33.7 Å². The fourth-order valence-electron chi connectivity index (χ4n) is 2.12. The van der Waals surface area contributed by atoms with Crippen molar-refractivity contribution in [3.8, 4) is 0 Å². The molecule has 8 heteroatoms. The van der Waals surface area contributed by atoms with Gasteiger partial charge in [0.15, 0.2) is 0 Å². The van der Waals surface area contributed by atoms with Crippen molar-refractivity contribution in [2.75, 3.05) is 25.1 Å². The summed E-state index contributed by atoms with van der Waals surface area (Å²) in [6, 6.07) is 4.60. The predicted octanol–water partition coefficient (Wildman–Crippen LogP) is 2.82. The molecule has 0 bridgehead atoms. The Hall–Kier alpha value is -1.28. The summed E-state index contributed by atoms with van der Waals surface area (Å²) in [6.45, 7) is 2.18. The van der Waals surface area contributed by atoms with Crippen molar-refractivity contribution in [1.82, 2.24) is 0 Å². The van der Waals surface area contributed by atoms with Gasteiger partial charge in [0.05, 0.1) is 4.90 Å². The summed E-state index contributed by atoms with van der Waals surface area (Å²) in [5, 5.41) is 3.06. The Morgan fingerprint density at radius 1 is 1.24 bits per heavy atom. The molecule has 1 aliphatic rings. The molecule has 0 radical (unpaired) electrons. The summed E-state index contributed by atoms with van der Waals surface area (Å²) in [7, 11) is -5.27. The molecule has 1 saturated heterocycles. The topological polar surface area (TPSA) is 55.4 Å². The van der Waals surface area contributed by atoms with E-state index >= 15 is 0 Å². The highest BCUT2D eigenvalue weighted by atomic mass is 32.2. The van der Waals surface area contributed by atoms with E-state index in [9.17, 15) is 21.6 Å². The zero-order valence-electron chi connectivity index (χ0n) is 11.2. The molecule has 4 nitrogen and oxygen atoms in total. The van der Waals surface area contributed by atoms with E-state index in [1.165, 1.54) is 12.1 Å². The second-order valence-corrected chi connectivity index (χ2v) is 6.86. The van der Waals surface area contributed by atoms with Crippen LogP contribution in [0.5, 0.6) is 0 Å². The Kier molecular flexibility index (Phi) is 4.77. The maximum absolute atomic E-state index is 12.4. The van der Waals surface area contributed by atoms with E-state index < -0.39 is 20.2 Å². The predicted molar refractivity (Wildman–Crippen MR) is 71.7 cm³/mol. The van der Waals surface area contributed by atoms with E-state index in [-0.39, 0.29) is 0 Å². The zero-order valence-corrected chi connectivity index (χ0v) is 12.0. The van der Waals surface area contributed by atoms with Gasteiger partial charge in [-0.3, -0.25) is 0 Å². The molecule has 1 aliphatic heterocycles. The maximum atomic E-state index is 12.4. The number of alkyl halides is 3. The third kappa shape index (κ3) is 3.88. The van der Waals surface area contributed by atoms with Gasteiger partial charge in [0.1, 0.15) is 0 Å². The van der Waals surface area contributed by atoms with Crippen LogP contribution in [0.2, 0.25) is 0 Å². The number of hydrogen-bond acceptors (Lipinski definition) is 4. The highest BCUT2D eigenvalue weighted by Crippen LogP contribution is 2.30. The molecular formula is C13H16F3NO3S. The monoisotopic (exact) mass is 323 g/mol. The molecule has 1 unspecified atom stereocenters. The Balaban J connectivity index is 1.93. The minimum atomic E-state index is -5.27. The SMILES string of the molecule is O=S(=O)(c1ccc(NCCC2CCOC2)cc1)C(F)(F)F. The summed E-state index contributed by atoms with van der Waals surface area (Å²) in [4.78, 5) is -0.746. The number of ether oxygens (including phenoxy) is 1. The third-order valence-electron chi connectivity index (χ3n) is 3.38. The van der Waals surface area contributed by atoms with Gasteiger partial charge in [0.2, 0.25) is 0 Å². The van der Waals surface area contributed by atoms with Gasteiger partial charge in [0.25, 0.3) is 9.84 Å². The van der Waals surface area contributed by atoms with Crippen LogP contribution < -0.4 is 5.32 Å². The van der Waals surface area contributed by atoms with Crippen molar-refractivity contribution in [3.05, 3.63) is 24.3 Å². The molecule has 0 spiro atoms. The van der Waals surface area contributed by atoms with Gasteiger partial charge >= 0.3 is 5.51 Å². The minimum absolute atomic E-state index is 0.502. The first-order valence-electron chi connectivity index (χ1n) is 6.54. The van der Waals surface area contributed by atoms with E-state index in [0.29, 0.717) is 18.2 Å². The Labute approximate surface area is 121 Å². The first kappa shape index (κ1) is 16.1. The van der Waals surface area contributed by atoms with Crippen LogP contribution in [0.1, 0.15) is 12.8 Å². The first-order valence-corrected chi connectivity index (χ1v) is 8.02. The lowest BCUT2D eigenvalue weighted by Crippen LogP contribution is -2.23. The van der Waals surface area contributed by atoms with Gasteiger partial charge in [-0.05, 0) is 43.0 Å². The van der Waals surface area contributed by atoms with Crippen LogP contribution >= 0.6 is 0 Å². The van der Waals surface area contributed by atoms with Crippen LogP contribution in [0.4, 0.5) is 18.9 Å². The van der Waals surface area contributed by atoms with E-state index in [0.717, 1.165) is 38.2 Å². The van der Waals surface area contributed by atoms with Gasteiger partial charge in [-0.15, -0.1) is 0 Å². The lowest BCUT2D eigenvalue weighted by Gasteiger charge is -2.11. The summed E-state index contributed by atoms with van der Waals surface area (Å²) >= 11 is 0. The quantitative estimate of drug-likeness (QED) is 0.905. The normalized spacial score (nSPS) is 19.7. The number of benzene rings is 1. The lowest BCUT2D eigenvalue weighted by molar-refractivity contribution is -0.0436. The van der Waals surface area contributed by atoms with Crippen LogP contribution in [0, 0.1) is 5.92 Å². The van der Waals surface area contributed by atoms with E-state index in [4.69, 9.17) is 4.74 Å². The number of nitrogens with one attached hydrogen (secondary N) is 1. The van der Waals surface area contributed by atoms with E-state index in [1.54, 1.807) is 0 Å². The molecule has 0 aromatic heterocycles. The number of hydrogen-bond donors (Lipinski definition) is 1. The second-order valence-electron chi connectivity index (χ2n) is 4.92. The number of anilines is 1. The van der Waals surface area contributed by atoms with Crippen molar-refractivity contribution in [3.63, 3.8) is 0 Å². The van der Waals surface area contributed by atoms with Crippen LogP contribution in [0.15, 0.2) is 29.2 Å². The number of halogens is 3. The first-order chi connectivity index (χ1) is 9.80. The number of sulfone groups is 1. The fraction of sp³-hybridized carbons (Fsp3) is 0.538. The highest BCUT2D eigenvalue weighted by molar-refractivity contribution is 7.92. The van der Waals surface area contributed by atoms with Crippen molar-refractivity contribution >= 4 is 15.5 Å². The third-order valence-corrected chi connectivity index (χ3v) is 4.88. The summed E-state index contributed by atoms with van der Waals surface area (Å²) in [5.74, 6) is 0.502. The molecule has 0 saturated carbocycles. The van der Waals surface area contributed by atoms with Gasteiger partial charge in [-0.25, -0.2) is 8.42 Å². The molecule has 21 heavy (non-hydrogen) atoms. The smallest absolute Gasteiger partial charge is 0.385 e. The lowest BCUT2D eigenvalue weighted by atomic mass is 10.1. The summed E-state index contributed by atoms with van der Waals surface area (Å²) < 4.78 is 64.8. The average molecular weight is 323 g/mol. The van der Waals surface area contributed by atoms with E-state index in [1.807, 2.05) is 0 Å². The molecule has 0 amide bonds. The molecule has 1 atom stereocenters. The summed E-state index contributed by atoms with van der Waals surface area (Å²) in [6.07, 6.45) is 1.92. The zero-order chi connectivity index (χ0) is 15.5. The van der Waals surface area contributed by atoms with Crippen LogP contribution in [0.25, 0.3) is 0 Å². The molecule has 118 valence electrons. The van der Waals surface area contributed by atoms with Crippen LogP contribution in [0.3, 0.4) is 0 Å². The molecular weight excluding hydrogens is 307 g/mol. The van der Waals surface area contributed by atoms with Gasteiger partial charge in [-0.2, -0.15) is 13.2 Å². The molecule has 1 N–H and O–H groups in total. The standard InChI is InChI=1S/C13H16F3NO3S/c14-13(15,16)21(18,19)12-3-1-11(2-4-12)17-7-5-10-6-8-20-9-10/h1-4,10,17H,5-9H2. The van der Waals surface area contributed by atoms with Gasteiger partial charge < -0.3 is 10.1 Å². The Bertz CT molecular complexity index is 563. The largest absolute Gasteiger partial charge is 0.501 e. The van der Waals surface area contributed by atoms with Crippen molar-refractivity contribution < 1.29 is 26.3 Å². The maximum Gasteiger partial charge on any atom is 0.501 e. The van der Waals surface area contributed by atoms with E-state index in [2.05, 4.69) is 5.32 Å². The fourth-order valence-corrected chi connectivity index (χ4v) is 2.88. The molecule has 2 rings (SSSR count). The molecule has 1 aromatic carbocycles. The van der Waals surface area contributed by atoms with Crippen molar-refractivity contribution in [1.29, 1.82) is 0 Å². The molecule has 0 aliphatic carbocycles. The average Bonchev–Trinajstić information content (AvgIpc) is 2.91. The molecule has 1 heterocycles. The van der Waals surface area contributed by atoms with Crippen LogP contribution in [-0.2, 0) is 14.6 Å². The van der Waals surface area contributed by atoms with Gasteiger partial charge in [-0.1, -0.05) is 0 Å².